The Morgan fingerprint density at radius 3 is 2.38 bits per heavy atom. The maximum atomic E-state index is 12.7. The van der Waals surface area contributed by atoms with Crippen LogP contribution in [0.3, 0.4) is 0 Å². The van der Waals surface area contributed by atoms with Crippen LogP contribution in [-0.4, -0.2) is 69.2 Å². The molecule has 1 aliphatic heterocycles. The molecule has 1 saturated heterocycles. The Hall–Kier alpha value is -2.97. The van der Waals surface area contributed by atoms with Crippen molar-refractivity contribution in [3.8, 4) is 11.4 Å². The van der Waals surface area contributed by atoms with Gasteiger partial charge in [0.2, 0.25) is 0 Å². The minimum atomic E-state index is 0.0401. The molecule has 0 radical (unpaired) electrons. The molecule has 1 aromatic heterocycles. The highest BCUT2D eigenvalue weighted by atomic mass is 35.5. The topological polar surface area (TPSA) is 76.4 Å². The largest absolute Gasteiger partial charge is 0.497 e. The van der Waals surface area contributed by atoms with E-state index in [0.29, 0.717) is 30.2 Å². The molecule has 2 heterocycles. The molecule has 1 amide bonds. The van der Waals surface area contributed by atoms with Crippen LogP contribution in [0.1, 0.15) is 16.2 Å². The Morgan fingerprint density at radius 1 is 1.03 bits per heavy atom. The van der Waals surface area contributed by atoms with Gasteiger partial charge in [-0.25, -0.2) is 0 Å². The first-order valence-electron chi connectivity index (χ1n) is 9.33. The molecule has 0 aliphatic carbocycles. The Labute approximate surface area is 173 Å². The number of halogens is 1. The number of hydrogen-bond acceptors (Lipinski definition) is 6. The first-order valence-corrected chi connectivity index (χ1v) is 9.71. The van der Waals surface area contributed by atoms with Crippen molar-refractivity contribution in [2.24, 2.45) is 0 Å². The molecule has 8 nitrogen and oxygen atoms in total. The number of piperazine rings is 1. The van der Waals surface area contributed by atoms with Gasteiger partial charge in [-0.05, 0) is 59.0 Å². The summed E-state index contributed by atoms with van der Waals surface area (Å²) in [5.74, 6) is 1.53. The summed E-state index contributed by atoms with van der Waals surface area (Å²) in [7, 11) is 1.61. The number of amides is 1. The molecule has 150 valence electrons. The summed E-state index contributed by atoms with van der Waals surface area (Å²) in [5, 5.41) is 12.7. The normalized spacial score (nSPS) is 14.8. The minimum Gasteiger partial charge on any atom is -0.497 e. The smallest absolute Gasteiger partial charge is 0.253 e. The van der Waals surface area contributed by atoms with Gasteiger partial charge < -0.3 is 9.64 Å². The molecule has 0 bridgehead atoms. The lowest BCUT2D eigenvalue weighted by molar-refractivity contribution is 0.0624. The number of tetrazole rings is 1. The van der Waals surface area contributed by atoms with Crippen molar-refractivity contribution >= 4 is 17.5 Å². The number of hydrogen-bond donors (Lipinski definition) is 0. The fraction of sp³-hybridized carbons (Fsp3) is 0.300. The molecule has 2 aromatic carbocycles. The fourth-order valence-electron chi connectivity index (χ4n) is 3.31. The van der Waals surface area contributed by atoms with Gasteiger partial charge in [0, 0.05) is 36.8 Å². The molecule has 9 heteroatoms. The number of carbonyl (C=O) groups excluding carboxylic acids is 1. The molecule has 29 heavy (non-hydrogen) atoms. The number of methoxy groups -OCH3 is 1. The number of aromatic nitrogens is 4. The SMILES string of the molecule is COc1ccc(C(=O)N2CCN(Cc3nnnn3-c3ccc(Cl)cc3)CC2)cc1. The molecule has 1 fully saturated rings. The van der Waals surface area contributed by atoms with Crippen LogP contribution >= 0.6 is 11.6 Å². The minimum absolute atomic E-state index is 0.0401. The fourth-order valence-corrected chi connectivity index (χ4v) is 3.44. The van der Waals surface area contributed by atoms with E-state index in [1.54, 1.807) is 36.1 Å². The van der Waals surface area contributed by atoms with Gasteiger partial charge in [0.15, 0.2) is 5.82 Å². The van der Waals surface area contributed by atoms with E-state index in [9.17, 15) is 4.79 Å². The molecule has 0 spiro atoms. The molecule has 0 atom stereocenters. The Bertz CT molecular complexity index is 965. The van der Waals surface area contributed by atoms with Crippen molar-refractivity contribution in [2.45, 2.75) is 6.54 Å². The summed E-state index contributed by atoms with van der Waals surface area (Å²) in [6, 6.07) is 14.6. The zero-order valence-electron chi connectivity index (χ0n) is 16.0. The van der Waals surface area contributed by atoms with Crippen LogP contribution < -0.4 is 4.74 Å². The van der Waals surface area contributed by atoms with Gasteiger partial charge in [0.25, 0.3) is 5.91 Å². The molecule has 3 aromatic rings. The molecule has 0 saturated carbocycles. The predicted molar refractivity (Wildman–Crippen MR) is 108 cm³/mol. The second-order valence-corrected chi connectivity index (χ2v) is 7.22. The first-order chi connectivity index (χ1) is 14.1. The van der Waals surface area contributed by atoms with E-state index < -0.39 is 0 Å². The van der Waals surface area contributed by atoms with E-state index in [4.69, 9.17) is 16.3 Å². The van der Waals surface area contributed by atoms with Crippen LogP contribution in [-0.2, 0) is 6.54 Å². The molecule has 0 unspecified atom stereocenters. The Kier molecular flexibility index (Phi) is 5.73. The third-order valence-electron chi connectivity index (χ3n) is 4.97. The highest BCUT2D eigenvalue weighted by Crippen LogP contribution is 2.17. The molecular formula is C20H21ClN6O2. The average molecular weight is 413 g/mol. The van der Waals surface area contributed by atoms with Crippen LogP contribution in [0.5, 0.6) is 5.75 Å². The second kappa shape index (κ2) is 8.59. The third-order valence-corrected chi connectivity index (χ3v) is 5.22. The lowest BCUT2D eigenvalue weighted by Gasteiger charge is -2.34. The van der Waals surface area contributed by atoms with Gasteiger partial charge in [-0.15, -0.1) is 5.10 Å². The summed E-state index contributed by atoms with van der Waals surface area (Å²) in [5.41, 5.74) is 1.54. The molecule has 4 rings (SSSR count). The lowest BCUT2D eigenvalue weighted by atomic mass is 10.1. The highest BCUT2D eigenvalue weighted by Gasteiger charge is 2.23. The van der Waals surface area contributed by atoms with Crippen LogP contribution in [0.15, 0.2) is 48.5 Å². The van der Waals surface area contributed by atoms with E-state index in [-0.39, 0.29) is 5.91 Å². The van der Waals surface area contributed by atoms with E-state index in [2.05, 4.69) is 20.4 Å². The van der Waals surface area contributed by atoms with Crippen LogP contribution in [0.2, 0.25) is 5.02 Å². The highest BCUT2D eigenvalue weighted by molar-refractivity contribution is 6.30. The Morgan fingerprint density at radius 2 is 1.72 bits per heavy atom. The van der Waals surface area contributed by atoms with E-state index in [0.717, 1.165) is 30.4 Å². The third kappa shape index (κ3) is 4.38. The van der Waals surface area contributed by atoms with Crippen LogP contribution in [0.4, 0.5) is 0 Å². The standard InChI is InChI=1S/C20H21ClN6O2/c1-29-18-8-2-15(3-9-18)20(28)26-12-10-25(11-13-26)14-19-22-23-24-27(19)17-6-4-16(21)5-7-17/h2-9H,10-14H2,1H3. The average Bonchev–Trinajstić information content (AvgIpc) is 3.22. The van der Waals surface area contributed by atoms with Crippen molar-refractivity contribution in [1.82, 2.24) is 30.0 Å². The summed E-state index contributed by atoms with van der Waals surface area (Å²) < 4.78 is 6.86. The van der Waals surface area contributed by atoms with E-state index in [1.807, 2.05) is 29.2 Å². The van der Waals surface area contributed by atoms with E-state index >= 15 is 0 Å². The summed E-state index contributed by atoms with van der Waals surface area (Å²) >= 11 is 5.96. The van der Waals surface area contributed by atoms with Gasteiger partial charge in [0.05, 0.1) is 19.3 Å². The number of benzene rings is 2. The number of carbonyl (C=O) groups is 1. The van der Waals surface area contributed by atoms with Crippen molar-refractivity contribution in [3.05, 3.63) is 64.9 Å². The summed E-state index contributed by atoms with van der Waals surface area (Å²) in [6.45, 7) is 3.45. The van der Waals surface area contributed by atoms with Crippen LogP contribution in [0, 0.1) is 0 Å². The maximum Gasteiger partial charge on any atom is 0.253 e. The summed E-state index contributed by atoms with van der Waals surface area (Å²) in [4.78, 5) is 16.8. The molecule has 1 aliphatic rings. The zero-order chi connectivity index (χ0) is 20.2. The van der Waals surface area contributed by atoms with Crippen molar-refractivity contribution in [1.29, 1.82) is 0 Å². The predicted octanol–water partition coefficient (Wildman–Crippen LogP) is 2.28. The van der Waals surface area contributed by atoms with Crippen molar-refractivity contribution < 1.29 is 9.53 Å². The number of rotatable bonds is 5. The Balaban J connectivity index is 1.36. The monoisotopic (exact) mass is 412 g/mol. The number of ether oxygens (including phenoxy) is 1. The van der Waals surface area contributed by atoms with Gasteiger partial charge in [-0.1, -0.05) is 11.6 Å². The second-order valence-electron chi connectivity index (χ2n) is 6.78. The molecular weight excluding hydrogens is 392 g/mol. The summed E-state index contributed by atoms with van der Waals surface area (Å²) in [6.07, 6.45) is 0. The van der Waals surface area contributed by atoms with Gasteiger partial charge in [0.1, 0.15) is 5.75 Å². The lowest BCUT2D eigenvalue weighted by Crippen LogP contribution is -2.48. The van der Waals surface area contributed by atoms with Gasteiger partial charge >= 0.3 is 0 Å². The van der Waals surface area contributed by atoms with Crippen molar-refractivity contribution in [3.63, 3.8) is 0 Å². The van der Waals surface area contributed by atoms with E-state index in [1.165, 1.54) is 0 Å². The van der Waals surface area contributed by atoms with Crippen molar-refractivity contribution in [2.75, 3.05) is 33.3 Å². The quantitative estimate of drug-likeness (QED) is 0.640. The molecule has 0 N–H and O–H groups in total. The van der Waals surface area contributed by atoms with Crippen LogP contribution in [0.25, 0.3) is 5.69 Å². The van der Waals surface area contributed by atoms with Gasteiger partial charge in [-0.3, -0.25) is 9.69 Å². The van der Waals surface area contributed by atoms with Gasteiger partial charge in [-0.2, -0.15) is 4.68 Å². The number of nitrogens with zero attached hydrogens (tertiary/aromatic N) is 6. The first kappa shape index (κ1) is 19.4. The zero-order valence-corrected chi connectivity index (χ0v) is 16.8. The maximum absolute atomic E-state index is 12.7.